The molecule has 1 aromatic rings. The lowest BCUT2D eigenvalue weighted by molar-refractivity contribution is -0.276. The van der Waals surface area contributed by atoms with Crippen LogP contribution in [-0.2, 0) is 0 Å². The third kappa shape index (κ3) is 3.22. The number of aromatic nitrogens is 1. The van der Waals surface area contributed by atoms with Crippen molar-refractivity contribution in [3.63, 3.8) is 0 Å². The van der Waals surface area contributed by atoms with Crippen molar-refractivity contribution >= 4 is 28.9 Å². The summed E-state index contributed by atoms with van der Waals surface area (Å²) in [5.74, 6) is -0.605. The van der Waals surface area contributed by atoms with Crippen molar-refractivity contribution in [1.29, 1.82) is 0 Å². The summed E-state index contributed by atoms with van der Waals surface area (Å²) in [5.41, 5.74) is -0.198. The summed E-state index contributed by atoms with van der Waals surface area (Å²) in [6, 6.07) is 1.22. The molecule has 0 saturated heterocycles. The molecule has 0 aliphatic carbocycles. The van der Waals surface area contributed by atoms with E-state index in [9.17, 15) is 18.0 Å². The van der Waals surface area contributed by atoms with Gasteiger partial charge in [0.25, 0.3) is 0 Å². The second kappa shape index (κ2) is 4.85. The monoisotopic (exact) mass is 347 g/mol. The number of nitrogens with zero attached hydrogens (tertiary/aromatic N) is 1. The summed E-state index contributed by atoms with van der Waals surface area (Å²) in [6.45, 7) is 0. The van der Waals surface area contributed by atoms with Crippen LogP contribution in [0.1, 0.15) is 10.5 Å². The number of hydrogen-bond acceptors (Lipinski definition) is 4. The first-order valence-corrected chi connectivity index (χ1v) is 4.90. The van der Waals surface area contributed by atoms with Gasteiger partial charge in [0, 0.05) is 6.07 Å². The smallest absolute Gasteiger partial charge is 0.495 e. The number of carbonyl (C=O) groups is 1. The number of hydrogen-bond donors (Lipinski definition) is 0. The Hall–Kier alpha value is -1.06. The predicted molar refractivity (Wildman–Crippen MR) is 55.6 cm³/mol. The maximum atomic E-state index is 12.0. The Morgan fingerprint density at radius 1 is 1.50 bits per heavy atom. The van der Waals surface area contributed by atoms with Crippen molar-refractivity contribution in [2.75, 3.05) is 7.11 Å². The number of pyridine rings is 1. The number of carbonyl (C=O) groups excluding carboxylic acids is 1. The zero-order chi connectivity index (χ0) is 12.3. The van der Waals surface area contributed by atoms with Crippen LogP contribution >= 0.6 is 22.6 Å². The van der Waals surface area contributed by atoms with E-state index in [1.807, 2.05) is 0 Å². The number of rotatable bonds is 3. The lowest BCUT2D eigenvalue weighted by atomic mass is 10.3. The van der Waals surface area contributed by atoms with Crippen LogP contribution in [0.25, 0.3) is 0 Å². The Kier molecular flexibility index (Phi) is 3.94. The van der Waals surface area contributed by atoms with E-state index in [0.717, 1.165) is 0 Å². The van der Waals surface area contributed by atoms with Crippen LogP contribution in [0.2, 0.25) is 0 Å². The highest BCUT2D eigenvalue weighted by Crippen LogP contribution is 2.32. The Balaban J connectivity index is 3.21. The van der Waals surface area contributed by atoms with E-state index in [0.29, 0.717) is 6.29 Å². The van der Waals surface area contributed by atoms with Gasteiger partial charge in [0.1, 0.15) is 15.0 Å². The highest BCUT2D eigenvalue weighted by atomic mass is 127. The molecule has 0 bridgehead atoms. The van der Waals surface area contributed by atoms with Crippen molar-refractivity contribution in [2.45, 2.75) is 6.36 Å². The van der Waals surface area contributed by atoms with Gasteiger partial charge < -0.3 is 9.47 Å². The fraction of sp³-hybridized carbons (Fsp3) is 0.250. The quantitative estimate of drug-likeness (QED) is 0.623. The normalized spacial score (nSPS) is 11.1. The third-order valence-electron chi connectivity index (χ3n) is 1.47. The standard InChI is InChI=1S/C8H5F3INO3/c1-15-5-2-4(3-14)13-7(6(5)12)16-8(9,10)11/h2-3H,1H3. The molecule has 0 amide bonds. The minimum Gasteiger partial charge on any atom is -0.495 e. The molecule has 0 radical (unpaired) electrons. The zero-order valence-electron chi connectivity index (χ0n) is 7.84. The molecule has 88 valence electrons. The van der Waals surface area contributed by atoms with Crippen molar-refractivity contribution in [3.8, 4) is 11.6 Å². The molecule has 1 aromatic heterocycles. The van der Waals surface area contributed by atoms with Crippen LogP contribution in [0.3, 0.4) is 0 Å². The zero-order valence-corrected chi connectivity index (χ0v) is 10.00. The first-order chi connectivity index (χ1) is 7.37. The molecule has 0 fully saturated rings. The summed E-state index contributed by atoms with van der Waals surface area (Å²) < 4.78 is 44.5. The summed E-state index contributed by atoms with van der Waals surface area (Å²) in [7, 11) is 1.27. The lowest BCUT2D eigenvalue weighted by Gasteiger charge is -2.12. The van der Waals surface area contributed by atoms with Gasteiger partial charge in [-0.3, -0.25) is 4.79 Å². The second-order valence-corrected chi connectivity index (χ2v) is 3.61. The Labute approximate surface area is 102 Å². The van der Waals surface area contributed by atoms with E-state index >= 15 is 0 Å². The van der Waals surface area contributed by atoms with Gasteiger partial charge in [-0.25, -0.2) is 4.98 Å². The van der Waals surface area contributed by atoms with E-state index in [1.165, 1.54) is 13.2 Å². The average molecular weight is 347 g/mol. The van der Waals surface area contributed by atoms with Gasteiger partial charge in [-0.05, 0) is 22.6 Å². The molecule has 16 heavy (non-hydrogen) atoms. The van der Waals surface area contributed by atoms with E-state index in [1.54, 1.807) is 22.6 Å². The van der Waals surface area contributed by atoms with Gasteiger partial charge >= 0.3 is 6.36 Å². The molecule has 0 spiro atoms. The Morgan fingerprint density at radius 3 is 2.56 bits per heavy atom. The minimum absolute atomic E-state index is 0.0445. The largest absolute Gasteiger partial charge is 0.574 e. The van der Waals surface area contributed by atoms with E-state index in [4.69, 9.17) is 4.74 Å². The van der Waals surface area contributed by atoms with Crippen molar-refractivity contribution in [2.24, 2.45) is 0 Å². The summed E-state index contributed by atoms with van der Waals surface area (Å²) in [6.07, 6.45) is -4.55. The van der Waals surface area contributed by atoms with Gasteiger partial charge in [0.05, 0.1) is 7.11 Å². The number of ether oxygens (including phenoxy) is 2. The SMILES string of the molecule is COc1cc(C=O)nc(OC(F)(F)F)c1I. The third-order valence-corrected chi connectivity index (χ3v) is 2.46. The molecular weight excluding hydrogens is 342 g/mol. The lowest BCUT2D eigenvalue weighted by Crippen LogP contribution is -2.19. The molecule has 0 saturated carbocycles. The first kappa shape index (κ1) is 13.0. The van der Waals surface area contributed by atoms with Crippen LogP contribution < -0.4 is 9.47 Å². The van der Waals surface area contributed by atoms with Crippen LogP contribution in [0.15, 0.2) is 6.07 Å². The number of alkyl halides is 3. The van der Waals surface area contributed by atoms with E-state index < -0.39 is 12.2 Å². The van der Waals surface area contributed by atoms with E-state index in [2.05, 4.69) is 9.72 Å². The molecule has 0 atom stereocenters. The minimum atomic E-state index is -4.86. The van der Waals surface area contributed by atoms with Crippen molar-refractivity contribution < 1.29 is 27.4 Å². The molecule has 4 nitrogen and oxygen atoms in total. The highest BCUT2D eigenvalue weighted by Gasteiger charge is 2.33. The van der Waals surface area contributed by atoms with Gasteiger partial charge in [-0.1, -0.05) is 0 Å². The summed E-state index contributed by atoms with van der Waals surface area (Å²) >= 11 is 1.59. The topological polar surface area (TPSA) is 48.4 Å². The van der Waals surface area contributed by atoms with Crippen LogP contribution in [0, 0.1) is 3.57 Å². The van der Waals surface area contributed by atoms with Crippen molar-refractivity contribution in [1.82, 2.24) is 4.98 Å². The van der Waals surface area contributed by atoms with Gasteiger partial charge in [-0.15, -0.1) is 13.2 Å². The van der Waals surface area contributed by atoms with Crippen molar-refractivity contribution in [3.05, 3.63) is 15.3 Å². The molecule has 8 heteroatoms. The van der Waals surface area contributed by atoms with E-state index in [-0.39, 0.29) is 15.0 Å². The number of aldehydes is 1. The first-order valence-electron chi connectivity index (χ1n) is 3.83. The fourth-order valence-electron chi connectivity index (χ4n) is 0.888. The van der Waals surface area contributed by atoms with Gasteiger partial charge in [0.2, 0.25) is 5.88 Å². The summed E-state index contributed by atoms with van der Waals surface area (Å²) in [4.78, 5) is 13.8. The Bertz CT molecular complexity index is 408. The number of methoxy groups -OCH3 is 1. The predicted octanol–water partition coefficient (Wildman–Crippen LogP) is 2.41. The maximum absolute atomic E-state index is 12.0. The molecule has 1 rings (SSSR count). The molecule has 0 N–H and O–H groups in total. The molecule has 0 aliphatic heterocycles. The average Bonchev–Trinajstić information content (AvgIpc) is 2.19. The highest BCUT2D eigenvalue weighted by molar-refractivity contribution is 14.1. The van der Waals surface area contributed by atoms with Crippen LogP contribution in [-0.4, -0.2) is 24.7 Å². The second-order valence-electron chi connectivity index (χ2n) is 2.53. The molecule has 0 unspecified atom stereocenters. The fourth-order valence-corrected chi connectivity index (χ4v) is 1.49. The van der Waals surface area contributed by atoms with Gasteiger partial charge in [-0.2, -0.15) is 0 Å². The molecular formula is C8H5F3INO3. The number of halogens is 4. The molecule has 1 heterocycles. The van der Waals surface area contributed by atoms with Crippen LogP contribution in [0.4, 0.5) is 13.2 Å². The Morgan fingerprint density at radius 2 is 2.12 bits per heavy atom. The van der Waals surface area contributed by atoms with Gasteiger partial charge in [0.15, 0.2) is 6.29 Å². The maximum Gasteiger partial charge on any atom is 0.574 e. The molecule has 0 aromatic carbocycles. The molecule has 0 aliphatic rings. The van der Waals surface area contributed by atoms with Crippen LogP contribution in [0.5, 0.6) is 11.6 Å². The summed E-state index contributed by atoms with van der Waals surface area (Å²) in [5, 5.41) is 0.